The number of halogens is 1. The summed E-state index contributed by atoms with van der Waals surface area (Å²) in [6.07, 6.45) is 1.63. The van der Waals surface area contributed by atoms with E-state index in [0.29, 0.717) is 16.7 Å². The van der Waals surface area contributed by atoms with Crippen molar-refractivity contribution in [3.8, 4) is 0 Å². The minimum absolute atomic E-state index is 0.223. The molecule has 0 bridgehead atoms. The number of carbonyl (C=O) groups is 1. The van der Waals surface area contributed by atoms with Crippen molar-refractivity contribution < 1.29 is 4.79 Å². The first-order valence-electron chi connectivity index (χ1n) is 5.06. The molecule has 2 rings (SSSR count). The maximum absolute atomic E-state index is 11.9. The zero-order chi connectivity index (χ0) is 12.4. The standard InChI is InChI=1S/C10H11ClN4OS/c1-3-15-4-7(11)8(14-15)9(16)13-10-12-6(2)5-17-10/h4-5H,3H2,1-2H3,(H,12,13,16). The van der Waals surface area contributed by atoms with E-state index in [1.807, 2.05) is 19.2 Å². The molecule has 5 nitrogen and oxygen atoms in total. The number of amides is 1. The predicted octanol–water partition coefficient (Wildman–Crippen LogP) is 2.57. The van der Waals surface area contributed by atoms with Gasteiger partial charge in [0.25, 0.3) is 5.91 Å². The molecule has 0 radical (unpaired) electrons. The van der Waals surface area contributed by atoms with E-state index in [-0.39, 0.29) is 11.6 Å². The lowest BCUT2D eigenvalue weighted by Crippen LogP contribution is -2.13. The zero-order valence-corrected chi connectivity index (χ0v) is 11.0. The van der Waals surface area contributed by atoms with Gasteiger partial charge in [-0.05, 0) is 13.8 Å². The van der Waals surface area contributed by atoms with E-state index in [4.69, 9.17) is 11.6 Å². The highest BCUT2D eigenvalue weighted by molar-refractivity contribution is 7.13. The van der Waals surface area contributed by atoms with Gasteiger partial charge in [0, 0.05) is 18.1 Å². The lowest BCUT2D eigenvalue weighted by atomic mass is 10.4. The van der Waals surface area contributed by atoms with Crippen molar-refractivity contribution in [2.24, 2.45) is 0 Å². The minimum Gasteiger partial charge on any atom is -0.296 e. The van der Waals surface area contributed by atoms with Crippen molar-refractivity contribution in [2.45, 2.75) is 20.4 Å². The molecule has 0 atom stereocenters. The summed E-state index contributed by atoms with van der Waals surface area (Å²) in [5, 5.41) is 9.50. The first-order chi connectivity index (χ1) is 8.10. The summed E-state index contributed by atoms with van der Waals surface area (Å²) < 4.78 is 1.62. The van der Waals surface area contributed by atoms with Gasteiger partial charge in [-0.2, -0.15) is 5.10 Å². The van der Waals surface area contributed by atoms with E-state index >= 15 is 0 Å². The average Bonchev–Trinajstić information content (AvgIpc) is 2.85. The zero-order valence-electron chi connectivity index (χ0n) is 9.40. The largest absolute Gasteiger partial charge is 0.296 e. The molecule has 0 aliphatic carbocycles. The van der Waals surface area contributed by atoms with Crippen LogP contribution in [0.2, 0.25) is 5.02 Å². The van der Waals surface area contributed by atoms with Crippen molar-refractivity contribution in [3.63, 3.8) is 0 Å². The normalized spacial score (nSPS) is 10.5. The molecule has 0 aliphatic heterocycles. The summed E-state index contributed by atoms with van der Waals surface area (Å²) >= 11 is 7.30. The van der Waals surface area contributed by atoms with Crippen molar-refractivity contribution in [1.82, 2.24) is 14.8 Å². The molecule has 7 heteroatoms. The Hall–Kier alpha value is -1.40. The van der Waals surface area contributed by atoms with Gasteiger partial charge < -0.3 is 0 Å². The van der Waals surface area contributed by atoms with E-state index in [1.165, 1.54) is 11.3 Å². The number of nitrogens with zero attached hydrogens (tertiary/aromatic N) is 3. The maximum Gasteiger partial charge on any atom is 0.279 e. The summed E-state index contributed by atoms with van der Waals surface area (Å²) in [5.41, 5.74) is 1.09. The second-order valence-corrected chi connectivity index (χ2v) is 4.69. The van der Waals surface area contributed by atoms with Crippen molar-refractivity contribution >= 4 is 34.0 Å². The van der Waals surface area contributed by atoms with Gasteiger partial charge in [-0.3, -0.25) is 14.8 Å². The van der Waals surface area contributed by atoms with E-state index in [1.54, 1.807) is 10.9 Å². The molecule has 2 heterocycles. The van der Waals surface area contributed by atoms with Crippen LogP contribution >= 0.6 is 22.9 Å². The molecule has 0 fully saturated rings. The van der Waals surface area contributed by atoms with Crippen LogP contribution in [0.3, 0.4) is 0 Å². The third kappa shape index (κ3) is 2.65. The van der Waals surface area contributed by atoms with Gasteiger partial charge in [0.05, 0.1) is 10.7 Å². The Bertz CT molecular complexity index is 548. The second kappa shape index (κ2) is 4.85. The summed E-state index contributed by atoms with van der Waals surface area (Å²) in [7, 11) is 0. The number of hydrogen-bond acceptors (Lipinski definition) is 4. The molecule has 2 aromatic heterocycles. The highest BCUT2D eigenvalue weighted by Crippen LogP contribution is 2.18. The number of carbonyl (C=O) groups excluding carboxylic acids is 1. The fraction of sp³-hybridized carbons (Fsp3) is 0.300. The van der Waals surface area contributed by atoms with Gasteiger partial charge in [0.1, 0.15) is 0 Å². The van der Waals surface area contributed by atoms with Crippen LogP contribution < -0.4 is 5.32 Å². The molecule has 1 N–H and O–H groups in total. The number of aromatic nitrogens is 3. The number of thiazole rings is 1. The lowest BCUT2D eigenvalue weighted by molar-refractivity contribution is 0.102. The molecule has 0 unspecified atom stereocenters. The number of rotatable bonds is 3. The maximum atomic E-state index is 11.9. The third-order valence-corrected chi connectivity index (χ3v) is 3.25. The van der Waals surface area contributed by atoms with Crippen LogP contribution in [-0.2, 0) is 6.54 Å². The van der Waals surface area contributed by atoms with Crippen LogP contribution in [-0.4, -0.2) is 20.7 Å². The van der Waals surface area contributed by atoms with Gasteiger partial charge in [-0.1, -0.05) is 11.6 Å². The SMILES string of the molecule is CCn1cc(Cl)c(C(=O)Nc2nc(C)cs2)n1. The highest BCUT2D eigenvalue weighted by atomic mass is 35.5. The van der Waals surface area contributed by atoms with Crippen LogP contribution in [0.25, 0.3) is 0 Å². The number of anilines is 1. The van der Waals surface area contributed by atoms with E-state index in [0.717, 1.165) is 5.69 Å². The summed E-state index contributed by atoms with van der Waals surface area (Å²) in [5.74, 6) is -0.337. The predicted molar refractivity (Wildman–Crippen MR) is 67.7 cm³/mol. The quantitative estimate of drug-likeness (QED) is 0.932. The van der Waals surface area contributed by atoms with Crippen molar-refractivity contribution in [1.29, 1.82) is 0 Å². The van der Waals surface area contributed by atoms with Crippen LogP contribution in [0.1, 0.15) is 23.1 Å². The lowest BCUT2D eigenvalue weighted by Gasteiger charge is -1.98. The molecule has 2 aromatic rings. The van der Waals surface area contributed by atoms with Crippen molar-refractivity contribution in [3.05, 3.63) is 28.0 Å². The Morgan fingerprint density at radius 3 is 2.94 bits per heavy atom. The van der Waals surface area contributed by atoms with E-state index in [9.17, 15) is 4.79 Å². The molecule has 0 aliphatic rings. The molecule has 0 saturated heterocycles. The van der Waals surface area contributed by atoms with E-state index < -0.39 is 0 Å². The molecule has 0 spiro atoms. The Labute approximate surface area is 107 Å². The Balaban J connectivity index is 2.16. The minimum atomic E-state index is -0.337. The monoisotopic (exact) mass is 270 g/mol. The van der Waals surface area contributed by atoms with E-state index in [2.05, 4.69) is 15.4 Å². The fourth-order valence-electron chi connectivity index (χ4n) is 1.28. The molecule has 90 valence electrons. The van der Waals surface area contributed by atoms with Crippen LogP contribution in [0.4, 0.5) is 5.13 Å². The van der Waals surface area contributed by atoms with Crippen LogP contribution in [0.5, 0.6) is 0 Å². The smallest absolute Gasteiger partial charge is 0.279 e. The molecule has 0 saturated carbocycles. The van der Waals surface area contributed by atoms with Gasteiger partial charge in [-0.25, -0.2) is 4.98 Å². The molecular weight excluding hydrogens is 260 g/mol. The van der Waals surface area contributed by atoms with Crippen LogP contribution in [0.15, 0.2) is 11.6 Å². The number of hydrogen-bond donors (Lipinski definition) is 1. The molecular formula is C10H11ClN4OS. The Kier molecular flexibility index (Phi) is 3.44. The van der Waals surface area contributed by atoms with Crippen LogP contribution in [0, 0.1) is 6.92 Å². The molecule has 17 heavy (non-hydrogen) atoms. The molecule has 0 aromatic carbocycles. The number of nitrogens with one attached hydrogen (secondary N) is 1. The summed E-state index contributed by atoms with van der Waals surface area (Å²) in [6.45, 7) is 4.46. The number of aryl methyl sites for hydroxylation is 2. The fourth-order valence-corrected chi connectivity index (χ4v) is 2.20. The summed E-state index contributed by atoms with van der Waals surface area (Å²) in [6, 6.07) is 0. The Morgan fingerprint density at radius 1 is 1.65 bits per heavy atom. The topological polar surface area (TPSA) is 59.8 Å². The van der Waals surface area contributed by atoms with Crippen molar-refractivity contribution in [2.75, 3.05) is 5.32 Å². The van der Waals surface area contributed by atoms with Gasteiger partial charge in [0.15, 0.2) is 10.8 Å². The van der Waals surface area contributed by atoms with Gasteiger partial charge in [0.2, 0.25) is 0 Å². The average molecular weight is 271 g/mol. The Morgan fingerprint density at radius 2 is 2.41 bits per heavy atom. The highest BCUT2D eigenvalue weighted by Gasteiger charge is 2.16. The van der Waals surface area contributed by atoms with Gasteiger partial charge >= 0.3 is 0 Å². The summed E-state index contributed by atoms with van der Waals surface area (Å²) in [4.78, 5) is 16.0. The first kappa shape index (κ1) is 12.1. The third-order valence-electron chi connectivity index (χ3n) is 2.10. The first-order valence-corrected chi connectivity index (χ1v) is 6.32. The van der Waals surface area contributed by atoms with Gasteiger partial charge in [-0.15, -0.1) is 11.3 Å². The molecule has 1 amide bonds. The second-order valence-electron chi connectivity index (χ2n) is 3.43.